The standard InChI is InChI=1S/C15H20BrN3O2.ClH/c16-11-5-1-4-10(7-11)14(15(18)21)19-13(20)8-9-3-2-6-12(9)17;/h1,4-5,7,9,12,14H,2-3,6,8,17H2,(H2,18,21)(H,19,20);1H/t9-,12+,14?;/m0./s1. The minimum absolute atomic E-state index is 0. The van der Waals surface area contributed by atoms with Gasteiger partial charge in [0, 0.05) is 16.9 Å². The summed E-state index contributed by atoms with van der Waals surface area (Å²) in [5.41, 5.74) is 12.0. The predicted molar refractivity (Wildman–Crippen MR) is 91.4 cm³/mol. The van der Waals surface area contributed by atoms with Crippen molar-refractivity contribution in [3.8, 4) is 0 Å². The highest BCUT2D eigenvalue weighted by atomic mass is 79.9. The van der Waals surface area contributed by atoms with Gasteiger partial charge >= 0.3 is 0 Å². The molecule has 0 aliphatic heterocycles. The Morgan fingerprint density at radius 3 is 2.64 bits per heavy atom. The lowest BCUT2D eigenvalue weighted by molar-refractivity contribution is -0.128. The maximum Gasteiger partial charge on any atom is 0.244 e. The number of nitrogens with one attached hydrogen (secondary N) is 1. The van der Waals surface area contributed by atoms with Crippen molar-refractivity contribution >= 4 is 40.2 Å². The van der Waals surface area contributed by atoms with E-state index in [-0.39, 0.29) is 30.3 Å². The van der Waals surface area contributed by atoms with Crippen LogP contribution in [0.15, 0.2) is 28.7 Å². The second kappa shape index (κ2) is 8.50. The first-order valence-electron chi connectivity index (χ1n) is 7.07. The van der Waals surface area contributed by atoms with Crippen LogP contribution >= 0.6 is 28.3 Å². The van der Waals surface area contributed by atoms with Gasteiger partial charge in [-0.1, -0.05) is 34.5 Å². The third kappa shape index (κ3) is 4.97. The van der Waals surface area contributed by atoms with Gasteiger partial charge in [0.1, 0.15) is 6.04 Å². The van der Waals surface area contributed by atoms with E-state index in [1.807, 2.05) is 6.07 Å². The van der Waals surface area contributed by atoms with Crippen LogP contribution in [0.4, 0.5) is 0 Å². The lowest BCUT2D eigenvalue weighted by Gasteiger charge is -2.19. The predicted octanol–water partition coefficient (Wildman–Crippen LogP) is 2.03. The molecule has 1 aromatic carbocycles. The molecule has 1 fully saturated rings. The first-order chi connectivity index (χ1) is 9.97. The Kier molecular flexibility index (Phi) is 7.32. The van der Waals surface area contributed by atoms with E-state index in [9.17, 15) is 9.59 Å². The second-order valence-corrected chi connectivity index (χ2v) is 6.43. The van der Waals surface area contributed by atoms with Gasteiger partial charge in [0.15, 0.2) is 0 Å². The molecule has 1 saturated carbocycles. The quantitative estimate of drug-likeness (QED) is 0.717. The molecule has 2 rings (SSSR count). The smallest absolute Gasteiger partial charge is 0.244 e. The summed E-state index contributed by atoms with van der Waals surface area (Å²) in [4.78, 5) is 23.7. The van der Waals surface area contributed by atoms with Crippen LogP contribution in [-0.2, 0) is 9.59 Å². The third-order valence-electron chi connectivity index (χ3n) is 3.94. The van der Waals surface area contributed by atoms with Crippen molar-refractivity contribution in [3.05, 3.63) is 34.3 Å². The van der Waals surface area contributed by atoms with Gasteiger partial charge in [0.2, 0.25) is 11.8 Å². The molecule has 122 valence electrons. The average molecular weight is 391 g/mol. The molecular weight excluding hydrogens is 370 g/mol. The van der Waals surface area contributed by atoms with Crippen LogP contribution < -0.4 is 16.8 Å². The molecule has 0 spiro atoms. The highest BCUT2D eigenvalue weighted by Crippen LogP contribution is 2.27. The van der Waals surface area contributed by atoms with Gasteiger partial charge in [-0.3, -0.25) is 9.59 Å². The lowest BCUT2D eigenvalue weighted by atomic mass is 9.99. The highest BCUT2D eigenvalue weighted by molar-refractivity contribution is 9.10. The van der Waals surface area contributed by atoms with Crippen molar-refractivity contribution in [1.29, 1.82) is 0 Å². The molecule has 1 aliphatic carbocycles. The van der Waals surface area contributed by atoms with Crippen LogP contribution in [0.2, 0.25) is 0 Å². The fraction of sp³-hybridized carbons (Fsp3) is 0.467. The number of primary amides is 1. The molecule has 5 N–H and O–H groups in total. The molecule has 0 aromatic heterocycles. The van der Waals surface area contributed by atoms with E-state index in [1.165, 1.54) is 0 Å². The summed E-state index contributed by atoms with van der Waals surface area (Å²) in [5, 5.41) is 2.72. The maximum absolute atomic E-state index is 12.1. The molecule has 0 saturated heterocycles. The summed E-state index contributed by atoms with van der Waals surface area (Å²) in [7, 11) is 0. The Bertz CT molecular complexity index is 541. The number of benzene rings is 1. The van der Waals surface area contributed by atoms with Crippen LogP contribution in [0.25, 0.3) is 0 Å². The average Bonchev–Trinajstić information content (AvgIpc) is 2.81. The lowest BCUT2D eigenvalue weighted by Crippen LogP contribution is -2.39. The molecule has 1 aliphatic rings. The van der Waals surface area contributed by atoms with Gasteiger partial charge in [-0.25, -0.2) is 0 Å². The number of hydrogen-bond acceptors (Lipinski definition) is 3. The summed E-state index contributed by atoms with van der Waals surface area (Å²) in [6.45, 7) is 0. The van der Waals surface area contributed by atoms with Crippen molar-refractivity contribution in [2.24, 2.45) is 17.4 Å². The van der Waals surface area contributed by atoms with E-state index < -0.39 is 11.9 Å². The minimum Gasteiger partial charge on any atom is -0.368 e. The topological polar surface area (TPSA) is 98.2 Å². The van der Waals surface area contributed by atoms with Gasteiger partial charge in [-0.15, -0.1) is 12.4 Å². The molecule has 1 unspecified atom stereocenters. The summed E-state index contributed by atoms with van der Waals surface area (Å²) >= 11 is 3.34. The number of carbonyl (C=O) groups is 2. The molecule has 2 amide bonds. The Labute approximate surface area is 144 Å². The summed E-state index contributed by atoms with van der Waals surface area (Å²) in [6, 6.07) is 6.45. The first kappa shape index (κ1) is 18.9. The van der Waals surface area contributed by atoms with Gasteiger partial charge in [0.05, 0.1) is 0 Å². The molecule has 1 aromatic rings. The third-order valence-corrected chi connectivity index (χ3v) is 4.43. The number of halogens is 2. The fourth-order valence-corrected chi connectivity index (χ4v) is 3.20. The van der Waals surface area contributed by atoms with Crippen molar-refractivity contribution in [3.63, 3.8) is 0 Å². The van der Waals surface area contributed by atoms with E-state index >= 15 is 0 Å². The van der Waals surface area contributed by atoms with Crippen molar-refractivity contribution in [1.82, 2.24) is 5.32 Å². The van der Waals surface area contributed by atoms with E-state index in [1.54, 1.807) is 18.2 Å². The van der Waals surface area contributed by atoms with Crippen LogP contribution in [0, 0.1) is 5.92 Å². The zero-order chi connectivity index (χ0) is 15.4. The van der Waals surface area contributed by atoms with Crippen LogP contribution in [0.5, 0.6) is 0 Å². The van der Waals surface area contributed by atoms with E-state index in [0.717, 1.165) is 23.7 Å². The summed E-state index contributed by atoms with van der Waals surface area (Å²) in [6.07, 6.45) is 3.33. The van der Waals surface area contributed by atoms with E-state index in [0.29, 0.717) is 12.0 Å². The Hall–Kier alpha value is -1.11. The van der Waals surface area contributed by atoms with Gasteiger partial charge in [-0.2, -0.15) is 0 Å². The number of hydrogen-bond donors (Lipinski definition) is 3. The molecule has 22 heavy (non-hydrogen) atoms. The molecule has 3 atom stereocenters. The van der Waals surface area contributed by atoms with Gasteiger partial charge in [0.25, 0.3) is 0 Å². The fourth-order valence-electron chi connectivity index (χ4n) is 2.78. The van der Waals surface area contributed by atoms with Crippen LogP contribution in [0.1, 0.15) is 37.3 Å². The normalized spacial score (nSPS) is 21.7. The van der Waals surface area contributed by atoms with E-state index in [4.69, 9.17) is 11.5 Å². The van der Waals surface area contributed by atoms with Gasteiger partial charge < -0.3 is 16.8 Å². The van der Waals surface area contributed by atoms with Crippen molar-refractivity contribution in [2.45, 2.75) is 37.8 Å². The number of amides is 2. The summed E-state index contributed by atoms with van der Waals surface area (Å²) in [5.74, 6) is -0.556. The number of rotatable bonds is 5. The molecule has 7 heteroatoms. The second-order valence-electron chi connectivity index (χ2n) is 5.52. The van der Waals surface area contributed by atoms with Gasteiger partial charge in [-0.05, 0) is 36.5 Å². The van der Waals surface area contributed by atoms with E-state index in [2.05, 4.69) is 21.2 Å². The number of nitrogens with two attached hydrogens (primary N) is 2. The van der Waals surface area contributed by atoms with Crippen molar-refractivity contribution in [2.75, 3.05) is 0 Å². The molecule has 5 nitrogen and oxygen atoms in total. The highest BCUT2D eigenvalue weighted by Gasteiger charge is 2.28. The molecule has 0 heterocycles. The largest absolute Gasteiger partial charge is 0.368 e. The first-order valence-corrected chi connectivity index (χ1v) is 7.86. The number of carbonyl (C=O) groups excluding carboxylic acids is 2. The minimum atomic E-state index is -0.812. The SMILES string of the molecule is Cl.NC(=O)C(NC(=O)C[C@@H]1CCC[C@H]1N)c1cccc(Br)c1. The monoisotopic (exact) mass is 389 g/mol. The molecular formula is C15H21BrClN3O2. The zero-order valence-corrected chi connectivity index (χ0v) is 14.5. The Morgan fingerprint density at radius 1 is 1.36 bits per heavy atom. The molecule has 0 radical (unpaired) electrons. The van der Waals surface area contributed by atoms with Crippen LogP contribution in [-0.4, -0.2) is 17.9 Å². The maximum atomic E-state index is 12.1. The zero-order valence-electron chi connectivity index (χ0n) is 12.1. The Balaban J connectivity index is 0.00000242. The van der Waals surface area contributed by atoms with Crippen molar-refractivity contribution < 1.29 is 9.59 Å². The van der Waals surface area contributed by atoms with Crippen LogP contribution in [0.3, 0.4) is 0 Å². The summed E-state index contributed by atoms with van der Waals surface area (Å²) < 4.78 is 0.832. The molecule has 0 bridgehead atoms. The Morgan fingerprint density at radius 2 is 2.09 bits per heavy atom.